The van der Waals surface area contributed by atoms with Crippen LogP contribution in [0.25, 0.3) is 0 Å². The number of sulfonamides is 1. The Morgan fingerprint density at radius 1 is 1.30 bits per heavy atom. The summed E-state index contributed by atoms with van der Waals surface area (Å²) >= 11 is 0.832. The van der Waals surface area contributed by atoms with Gasteiger partial charge in [-0.1, -0.05) is 12.1 Å². The van der Waals surface area contributed by atoms with Crippen molar-refractivity contribution in [3.05, 3.63) is 46.2 Å². The molecule has 0 aliphatic heterocycles. The number of aryl methyl sites for hydroxylation is 1. The molecule has 0 saturated heterocycles. The molecule has 0 saturated carbocycles. The zero-order valence-electron chi connectivity index (χ0n) is 10.9. The third-order valence-electron chi connectivity index (χ3n) is 2.80. The molecule has 0 radical (unpaired) electrons. The topological polar surface area (TPSA) is 77.5 Å². The summed E-state index contributed by atoms with van der Waals surface area (Å²) in [7, 11) is -2.34. The van der Waals surface area contributed by atoms with Crippen LogP contribution in [0, 0.1) is 6.92 Å². The van der Waals surface area contributed by atoms with E-state index in [4.69, 9.17) is 0 Å². The first-order valence-electron chi connectivity index (χ1n) is 5.68. The van der Waals surface area contributed by atoms with Crippen LogP contribution in [-0.4, -0.2) is 21.4 Å². The lowest BCUT2D eigenvalue weighted by molar-refractivity contribution is -0.254. The molecule has 0 fully saturated rings. The van der Waals surface area contributed by atoms with Gasteiger partial charge in [-0.05, 0) is 30.7 Å². The summed E-state index contributed by atoms with van der Waals surface area (Å²) in [6, 6.07) is 8.15. The zero-order valence-corrected chi connectivity index (χ0v) is 12.5. The van der Waals surface area contributed by atoms with Crippen LogP contribution in [0.15, 0.2) is 40.6 Å². The van der Waals surface area contributed by atoms with Crippen molar-refractivity contribution in [1.82, 2.24) is 0 Å². The number of carboxylic acid groups (broad SMARTS) is 1. The smallest absolute Gasteiger partial charge is 0.264 e. The lowest BCUT2D eigenvalue weighted by atomic mass is 10.2. The largest absolute Gasteiger partial charge is 0.544 e. The minimum absolute atomic E-state index is 0.0503. The van der Waals surface area contributed by atoms with Crippen molar-refractivity contribution < 1.29 is 18.3 Å². The van der Waals surface area contributed by atoms with Crippen molar-refractivity contribution >= 4 is 33.0 Å². The van der Waals surface area contributed by atoms with Crippen molar-refractivity contribution in [3.8, 4) is 0 Å². The van der Waals surface area contributed by atoms with Crippen molar-refractivity contribution in [2.75, 3.05) is 11.4 Å². The van der Waals surface area contributed by atoms with Gasteiger partial charge in [0.1, 0.15) is 0 Å². The van der Waals surface area contributed by atoms with Crippen LogP contribution in [0.2, 0.25) is 0 Å². The first kappa shape index (κ1) is 14.5. The van der Waals surface area contributed by atoms with Gasteiger partial charge in [-0.2, -0.15) is 0 Å². The SMILES string of the molecule is Cc1cccc(N(C)S(=O)(=O)c2csc(C(=O)[O-])c2)c1. The van der Waals surface area contributed by atoms with Crippen LogP contribution in [-0.2, 0) is 10.0 Å². The third-order valence-corrected chi connectivity index (χ3v) is 5.62. The summed E-state index contributed by atoms with van der Waals surface area (Å²) in [5.41, 5.74) is 1.46. The van der Waals surface area contributed by atoms with Crippen molar-refractivity contribution in [3.63, 3.8) is 0 Å². The Hall–Kier alpha value is -1.86. The lowest BCUT2D eigenvalue weighted by Crippen LogP contribution is -2.26. The second-order valence-electron chi connectivity index (χ2n) is 4.25. The highest BCUT2D eigenvalue weighted by Gasteiger charge is 2.23. The Bertz CT molecular complexity index is 749. The number of carboxylic acids is 1. The number of hydrogen-bond acceptors (Lipinski definition) is 5. The Morgan fingerprint density at radius 2 is 2.00 bits per heavy atom. The number of carbonyl (C=O) groups excluding carboxylic acids is 1. The molecule has 0 atom stereocenters. The van der Waals surface area contributed by atoms with E-state index < -0.39 is 16.0 Å². The fourth-order valence-electron chi connectivity index (χ4n) is 1.68. The minimum Gasteiger partial charge on any atom is -0.544 e. The summed E-state index contributed by atoms with van der Waals surface area (Å²) in [5.74, 6) is -1.38. The minimum atomic E-state index is -3.77. The molecule has 7 heteroatoms. The number of rotatable bonds is 4. The molecule has 1 heterocycles. The monoisotopic (exact) mass is 310 g/mol. The highest BCUT2D eigenvalue weighted by Crippen LogP contribution is 2.26. The molecule has 106 valence electrons. The Kier molecular flexibility index (Phi) is 3.82. The van der Waals surface area contributed by atoms with Crippen molar-refractivity contribution in [2.45, 2.75) is 11.8 Å². The second kappa shape index (κ2) is 5.26. The van der Waals surface area contributed by atoms with Gasteiger partial charge in [0.25, 0.3) is 10.0 Å². The molecule has 5 nitrogen and oxygen atoms in total. The molecular formula is C13H12NO4S2-. The Labute approximate surface area is 121 Å². The van der Waals surface area contributed by atoms with Crippen molar-refractivity contribution in [1.29, 1.82) is 0 Å². The number of hydrogen-bond donors (Lipinski definition) is 0. The molecule has 2 aromatic rings. The van der Waals surface area contributed by atoms with Gasteiger partial charge < -0.3 is 9.90 Å². The van der Waals surface area contributed by atoms with Crippen LogP contribution in [0.3, 0.4) is 0 Å². The maximum absolute atomic E-state index is 12.4. The zero-order chi connectivity index (χ0) is 14.9. The summed E-state index contributed by atoms with van der Waals surface area (Å²) in [6.45, 7) is 1.86. The highest BCUT2D eigenvalue weighted by molar-refractivity contribution is 7.93. The summed E-state index contributed by atoms with van der Waals surface area (Å²) in [4.78, 5) is 10.6. The van der Waals surface area contributed by atoms with Crippen molar-refractivity contribution in [2.24, 2.45) is 0 Å². The summed E-state index contributed by atoms with van der Waals surface area (Å²) in [6.07, 6.45) is 0. The van der Waals surface area contributed by atoms with E-state index in [1.807, 2.05) is 13.0 Å². The average molecular weight is 310 g/mol. The quantitative estimate of drug-likeness (QED) is 0.851. The van der Waals surface area contributed by atoms with Gasteiger partial charge in [0.05, 0.1) is 21.4 Å². The van der Waals surface area contributed by atoms with Crippen LogP contribution in [0.5, 0.6) is 0 Å². The van der Waals surface area contributed by atoms with Gasteiger partial charge in [0, 0.05) is 12.4 Å². The number of anilines is 1. The molecule has 2 rings (SSSR count). The molecule has 1 aromatic carbocycles. The number of carbonyl (C=O) groups is 1. The number of aromatic carboxylic acids is 1. The molecule has 20 heavy (non-hydrogen) atoms. The molecule has 0 bridgehead atoms. The number of thiophene rings is 1. The third kappa shape index (κ3) is 2.68. The summed E-state index contributed by atoms with van der Waals surface area (Å²) in [5, 5.41) is 12.0. The lowest BCUT2D eigenvalue weighted by Gasteiger charge is -2.19. The molecule has 0 unspecified atom stereocenters. The van der Waals surface area contributed by atoms with Crippen LogP contribution >= 0.6 is 11.3 Å². The first-order valence-corrected chi connectivity index (χ1v) is 8.00. The van der Waals surface area contributed by atoms with E-state index in [9.17, 15) is 18.3 Å². The van der Waals surface area contributed by atoms with E-state index in [0.717, 1.165) is 27.3 Å². The van der Waals surface area contributed by atoms with Crippen LogP contribution in [0.4, 0.5) is 5.69 Å². The van der Waals surface area contributed by atoms with Gasteiger partial charge in [-0.3, -0.25) is 4.31 Å². The molecule has 0 N–H and O–H groups in total. The highest BCUT2D eigenvalue weighted by atomic mass is 32.2. The van der Waals surface area contributed by atoms with E-state index >= 15 is 0 Å². The molecule has 0 aliphatic carbocycles. The maximum atomic E-state index is 12.4. The molecular weight excluding hydrogens is 298 g/mol. The summed E-state index contributed by atoms with van der Waals surface area (Å²) < 4.78 is 25.9. The van der Waals surface area contributed by atoms with E-state index in [2.05, 4.69) is 0 Å². The predicted molar refractivity (Wildman–Crippen MR) is 75.4 cm³/mol. The average Bonchev–Trinajstić information content (AvgIpc) is 2.88. The molecule has 1 aromatic heterocycles. The molecule has 0 aliphatic rings. The van der Waals surface area contributed by atoms with Crippen LogP contribution < -0.4 is 9.41 Å². The fourth-order valence-corrected chi connectivity index (χ4v) is 3.96. The number of nitrogens with zero attached hydrogens (tertiary/aromatic N) is 1. The van der Waals surface area contributed by atoms with E-state index in [1.54, 1.807) is 18.2 Å². The van der Waals surface area contributed by atoms with Gasteiger partial charge in [0.2, 0.25) is 0 Å². The van der Waals surface area contributed by atoms with Gasteiger partial charge in [-0.25, -0.2) is 8.42 Å². The number of benzene rings is 1. The van der Waals surface area contributed by atoms with E-state index in [0.29, 0.717) is 5.69 Å². The first-order chi connectivity index (χ1) is 9.32. The van der Waals surface area contributed by atoms with Gasteiger partial charge in [0.15, 0.2) is 0 Å². The van der Waals surface area contributed by atoms with E-state index in [1.165, 1.54) is 12.4 Å². The standard InChI is InChI=1S/C13H13NO4S2/c1-9-4-3-5-10(6-9)14(2)20(17,18)11-7-12(13(15)16)19-8-11/h3-8H,1-2H3,(H,15,16)/p-1. The normalized spacial score (nSPS) is 11.3. The van der Waals surface area contributed by atoms with Gasteiger partial charge in [-0.15, -0.1) is 11.3 Å². The Balaban J connectivity index is 2.41. The second-order valence-corrected chi connectivity index (χ2v) is 7.13. The van der Waals surface area contributed by atoms with E-state index in [-0.39, 0.29) is 9.77 Å². The predicted octanol–water partition coefficient (Wildman–Crippen LogP) is 1.25. The Morgan fingerprint density at radius 3 is 2.55 bits per heavy atom. The molecule has 0 amide bonds. The van der Waals surface area contributed by atoms with Gasteiger partial charge >= 0.3 is 0 Å². The fraction of sp³-hybridized carbons (Fsp3) is 0.154. The maximum Gasteiger partial charge on any atom is 0.264 e. The molecule has 0 spiro atoms. The van der Waals surface area contributed by atoms with Crippen LogP contribution in [0.1, 0.15) is 15.2 Å².